The third-order valence-electron chi connectivity index (χ3n) is 2.05. The molecule has 0 aromatic carbocycles. The van der Waals surface area contributed by atoms with Gasteiger partial charge in [0.2, 0.25) is 0 Å². The maximum absolute atomic E-state index is 4.42. The Labute approximate surface area is 75.3 Å². The molecule has 0 aromatic rings. The van der Waals surface area contributed by atoms with Crippen molar-refractivity contribution >= 4 is 0 Å². The van der Waals surface area contributed by atoms with Gasteiger partial charge in [0.25, 0.3) is 0 Å². The van der Waals surface area contributed by atoms with E-state index in [1.165, 1.54) is 19.3 Å². The zero-order chi connectivity index (χ0) is 8.49. The van der Waals surface area contributed by atoms with E-state index in [-0.39, 0.29) is 0 Å². The van der Waals surface area contributed by atoms with Crippen molar-refractivity contribution in [3.63, 3.8) is 0 Å². The van der Waals surface area contributed by atoms with E-state index in [4.69, 9.17) is 0 Å². The zero-order valence-electron chi connectivity index (χ0n) is 7.81. The summed E-state index contributed by atoms with van der Waals surface area (Å²) in [5.74, 6) is 0. The lowest BCUT2D eigenvalue weighted by Crippen LogP contribution is -2.27. The number of rotatable bonds is 0. The predicted octanol–water partition coefficient (Wildman–Crippen LogP) is -0.0461. The van der Waals surface area contributed by atoms with Crippen molar-refractivity contribution in [1.82, 2.24) is 16.0 Å². The molecule has 0 atom stereocenters. The van der Waals surface area contributed by atoms with E-state index in [9.17, 15) is 0 Å². The fourth-order valence-electron chi connectivity index (χ4n) is 1.33. The molecule has 0 saturated carbocycles. The van der Waals surface area contributed by atoms with Gasteiger partial charge in [-0.3, -0.25) is 0 Å². The highest BCUT2D eigenvalue weighted by Gasteiger charge is 1.94. The third kappa shape index (κ3) is 5.52. The largest absolute Gasteiger partial charge is 0.317 e. The summed E-state index contributed by atoms with van der Waals surface area (Å²) in [5.41, 5.74) is 0. The van der Waals surface area contributed by atoms with Gasteiger partial charge >= 0.3 is 0 Å². The Morgan fingerprint density at radius 1 is 0.667 bits per heavy atom. The molecule has 0 unspecified atom stereocenters. The fraction of sp³-hybridized carbons (Fsp3) is 1.00. The molecule has 0 bridgehead atoms. The predicted molar refractivity (Wildman–Crippen MR) is 51.5 cm³/mol. The number of nitrogens with zero attached hydrogens (tertiary/aromatic N) is 1. The fourth-order valence-corrected chi connectivity index (χ4v) is 1.33. The quantitative estimate of drug-likeness (QED) is 0.535. The summed E-state index contributed by atoms with van der Waals surface area (Å²) in [5, 5.41) is 11.2. The first-order chi connectivity index (χ1) is 6.00. The summed E-state index contributed by atoms with van der Waals surface area (Å²) in [7, 11) is 0. The van der Waals surface area contributed by atoms with Gasteiger partial charge in [0.1, 0.15) is 0 Å². The molecule has 0 spiro atoms. The molecule has 0 aromatic heterocycles. The van der Waals surface area contributed by atoms with Gasteiger partial charge in [-0.15, -0.1) is 0 Å². The maximum Gasteiger partial charge on any atom is 0.0145 e. The lowest BCUT2D eigenvalue weighted by atomic mass is 10.3. The molecule has 2 N–H and O–H groups in total. The molecule has 0 aliphatic carbocycles. The zero-order valence-corrected chi connectivity index (χ0v) is 7.81. The van der Waals surface area contributed by atoms with Crippen LogP contribution in [0.1, 0.15) is 19.3 Å². The lowest BCUT2D eigenvalue weighted by Gasteiger charge is -2.08. The highest BCUT2D eigenvalue weighted by molar-refractivity contribution is 4.57. The Morgan fingerprint density at radius 2 is 1.17 bits per heavy atom. The summed E-state index contributed by atoms with van der Waals surface area (Å²) in [4.78, 5) is 0. The van der Waals surface area contributed by atoms with Crippen molar-refractivity contribution in [3.8, 4) is 0 Å². The van der Waals surface area contributed by atoms with E-state index in [1.54, 1.807) is 0 Å². The second-order valence-electron chi connectivity index (χ2n) is 3.23. The van der Waals surface area contributed by atoms with Crippen LogP contribution in [0, 0.1) is 0 Å². The number of hydrogen-bond donors (Lipinski definition) is 2. The number of hydrogen-bond acceptors (Lipinski definition) is 2. The van der Waals surface area contributed by atoms with Gasteiger partial charge in [0, 0.05) is 13.1 Å². The van der Waals surface area contributed by atoms with Crippen LogP contribution in [0.5, 0.6) is 0 Å². The highest BCUT2D eigenvalue weighted by atomic mass is 14.9. The molecule has 12 heavy (non-hydrogen) atoms. The van der Waals surface area contributed by atoms with Gasteiger partial charge in [-0.05, 0) is 45.4 Å². The SMILES string of the molecule is C1C[N]CCCNCCCNC1. The molecule has 3 heteroatoms. The third-order valence-corrected chi connectivity index (χ3v) is 2.05. The molecule has 1 aliphatic rings. The Hall–Kier alpha value is -0.120. The van der Waals surface area contributed by atoms with E-state index in [1.807, 2.05) is 0 Å². The Morgan fingerprint density at radius 3 is 1.75 bits per heavy atom. The van der Waals surface area contributed by atoms with Gasteiger partial charge in [0.15, 0.2) is 0 Å². The van der Waals surface area contributed by atoms with Crippen molar-refractivity contribution in [2.45, 2.75) is 19.3 Å². The highest BCUT2D eigenvalue weighted by Crippen LogP contribution is 1.82. The Bertz CT molecular complexity index is 52.8. The van der Waals surface area contributed by atoms with Crippen LogP contribution >= 0.6 is 0 Å². The van der Waals surface area contributed by atoms with E-state index < -0.39 is 0 Å². The molecule has 1 rings (SSSR count). The monoisotopic (exact) mass is 170 g/mol. The van der Waals surface area contributed by atoms with Crippen LogP contribution in [0.3, 0.4) is 0 Å². The van der Waals surface area contributed by atoms with Crippen LogP contribution in [0.25, 0.3) is 0 Å². The molecule has 1 heterocycles. The van der Waals surface area contributed by atoms with Crippen LogP contribution in [-0.2, 0) is 0 Å². The second-order valence-corrected chi connectivity index (χ2v) is 3.23. The van der Waals surface area contributed by atoms with Crippen molar-refractivity contribution in [1.29, 1.82) is 0 Å². The average Bonchev–Trinajstić information content (AvgIpc) is 2.05. The molecular weight excluding hydrogens is 150 g/mol. The van der Waals surface area contributed by atoms with Crippen molar-refractivity contribution < 1.29 is 0 Å². The van der Waals surface area contributed by atoms with Crippen LogP contribution in [-0.4, -0.2) is 39.3 Å². The van der Waals surface area contributed by atoms with Crippen molar-refractivity contribution in [2.75, 3.05) is 39.3 Å². The molecule has 0 amide bonds. The first kappa shape index (κ1) is 9.96. The minimum absolute atomic E-state index is 1.03. The van der Waals surface area contributed by atoms with Gasteiger partial charge in [0.05, 0.1) is 0 Å². The summed E-state index contributed by atoms with van der Waals surface area (Å²) in [6.07, 6.45) is 3.65. The van der Waals surface area contributed by atoms with Crippen LogP contribution in [0.15, 0.2) is 0 Å². The second kappa shape index (κ2) is 7.53. The summed E-state index contributed by atoms with van der Waals surface area (Å²) in [6, 6.07) is 0. The van der Waals surface area contributed by atoms with Crippen LogP contribution in [0.4, 0.5) is 0 Å². The summed E-state index contributed by atoms with van der Waals surface area (Å²) in [6.45, 7) is 6.62. The molecule has 71 valence electrons. The molecule has 1 saturated heterocycles. The Kier molecular flexibility index (Phi) is 6.25. The van der Waals surface area contributed by atoms with E-state index >= 15 is 0 Å². The van der Waals surface area contributed by atoms with Crippen molar-refractivity contribution in [2.24, 2.45) is 0 Å². The first-order valence-corrected chi connectivity index (χ1v) is 5.05. The van der Waals surface area contributed by atoms with Crippen molar-refractivity contribution in [3.05, 3.63) is 0 Å². The first-order valence-electron chi connectivity index (χ1n) is 5.05. The minimum Gasteiger partial charge on any atom is -0.317 e. The van der Waals surface area contributed by atoms with Gasteiger partial charge in [-0.1, -0.05) is 0 Å². The van der Waals surface area contributed by atoms with E-state index in [2.05, 4.69) is 16.0 Å². The Balaban J connectivity index is 2.00. The standard InChI is InChI=1S/C9H20N3/c1-4-10-6-2-8-12-9-3-7-11-5-1/h10-11H,1-9H2. The van der Waals surface area contributed by atoms with E-state index in [0.717, 1.165) is 39.3 Å². The normalized spacial score (nSPS) is 24.0. The molecular formula is C9H20N3. The van der Waals surface area contributed by atoms with Crippen LogP contribution in [0.2, 0.25) is 0 Å². The smallest absolute Gasteiger partial charge is 0.0145 e. The lowest BCUT2D eigenvalue weighted by molar-refractivity contribution is 0.523. The number of nitrogens with one attached hydrogen (secondary N) is 2. The average molecular weight is 170 g/mol. The topological polar surface area (TPSA) is 38.2 Å². The summed E-state index contributed by atoms with van der Waals surface area (Å²) < 4.78 is 0. The minimum atomic E-state index is 1.03. The molecule has 1 fully saturated rings. The molecule has 3 nitrogen and oxygen atoms in total. The maximum atomic E-state index is 4.42. The van der Waals surface area contributed by atoms with Gasteiger partial charge < -0.3 is 10.6 Å². The van der Waals surface area contributed by atoms with Gasteiger partial charge in [-0.25, -0.2) is 5.32 Å². The van der Waals surface area contributed by atoms with Crippen LogP contribution < -0.4 is 16.0 Å². The van der Waals surface area contributed by atoms with E-state index in [0.29, 0.717) is 0 Å². The van der Waals surface area contributed by atoms with Gasteiger partial charge in [-0.2, -0.15) is 0 Å². The molecule has 1 radical (unpaired) electrons. The summed E-state index contributed by atoms with van der Waals surface area (Å²) >= 11 is 0. The molecule has 1 aliphatic heterocycles.